The molecule has 0 amide bonds. The Hall–Kier alpha value is -2.50. The van der Waals surface area contributed by atoms with E-state index in [2.05, 4.69) is 36.9 Å². The molecule has 6 nitrogen and oxygen atoms in total. The van der Waals surface area contributed by atoms with E-state index in [1.165, 1.54) is 31.4 Å². The van der Waals surface area contributed by atoms with Crippen LogP contribution in [0.1, 0.15) is 25.7 Å². The number of nitrogens with one attached hydrogen (secondary N) is 2. The van der Waals surface area contributed by atoms with Crippen molar-refractivity contribution in [3.05, 3.63) is 39.6 Å². The molecule has 0 bridgehead atoms. The van der Waals surface area contributed by atoms with Crippen LogP contribution in [0, 0.1) is 5.41 Å². The van der Waals surface area contributed by atoms with Gasteiger partial charge in [-0.15, -0.1) is 0 Å². The summed E-state index contributed by atoms with van der Waals surface area (Å²) in [6.07, 6.45) is 5.43. The number of aromatic amines is 2. The number of nitrogen functional groups attached to an aromatic ring is 1. The first kappa shape index (κ1) is 16.5. The number of rotatable bonds is 2. The van der Waals surface area contributed by atoms with E-state index in [0.29, 0.717) is 22.5 Å². The molecule has 7 heteroatoms. The van der Waals surface area contributed by atoms with Crippen molar-refractivity contribution in [2.24, 2.45) is 5.41 Å². The van der Waals surface area contributed by atoms with Gasteiger partial charge in [-0.25, -0.2) is 0 Å². The molecule has 2 fully saturated rings. The molecule has 2 aliphatic rings. The molecule has 142 valence electrons. The second-order valence-electron chi connectivity index (χ2n) is 8.18. The molecule has 0 atom stereocenters. The van der Waals surface area contributed by atoms with Gasteiger partial charge in [-0.2, -0.15) is 0 Å². The molecule has 1 aliphatic carbocycles. The van der Waals surface area contributed by atoms with E-state index < -0.39 is 0 Å². The summed E-state index contributed by atoms with van der Waals surface area (Å²) >= 11 is 0.157. The van der Waals surface area contributed by atoms with Crippen molar-refractivity contribution in [1.29, 1.82) is 0 Å². The maximum absolute atomic E-state index is 12.6. The van der Waals surface area contributed by atoms with Gasteiger partial charge in [0.2, 0.25) is 0 Å². The number of aromatic nitrogens is 3. The fourth-order valence-electron chi connectivity index (χ4n) is 4.50. The Bertz CT molecular complexity index is 1270. The van der Waals surface area contributed by atoms with Gasteiger partial charge < -0.3 is 0 Å². The van der Waals surface area contributed by atoms with Crippen LogP contribution in [0.15, 0.2) is 34.0 Å². The third-order valence-corrected chi connectivity index (χ3v) is 8.49. The Morgan fingerprint density at radius 2 is 1.89 bits per heavy atom. The first-order chi connectivity index (χ1) is 13.6. The Morgan fingerprint density at radius 1 is 1.07 bits per heavy atom. The molecule has 3 aromatic heterocycles. The first-order valence-electron chi connectivity index (χ1n) is 9.76. The third kappa shape index (κ3) is 2.46. The van der Waals surface area contributed by atoms with Gasteiger partial charge >= 0.3 is 155 Å². The van der Waals surface area contributed by atoms with Crippen molar-refractivity contribution in [2.45, 2.75) is 25.7 Å². The Labute approximate surface area is 167 Å². The zero-order chi connectivity index (χ0) is 18.9. The van der Waals surface area contributed by atoms with Crippen molar-refractivity contribution in [3.8, 4) is 11.4 Å². The molecular formula is C21H21N5OSe. The van der Waals surface area contributed by atoms with E-state index >= 15 is 0 Å². The predicted octanol–water partition coefficient (Wildman–Crippen LogP) is 3.09. The van der Waals surface area contributed by atoms with Crippen molar-refractivity contribution >= 4 is 46.7 Å². The van der Waals surface area contributed by atoms with Crippen LogP contribution in [-0.4, -0.2) is 42.5 Å². The number of fused-ring (bicyclic) bond motifs is 2. The molecule has 6 rings (SSSR count). The summed E-state index contributed by atoms with van der Waals surface area (Å²) in [7, 11) is 0. The molecule has 1 saturated carbocycles. The molecule has 1 spiro atoms. The number of benzene rings is 1. The topological polar surface area (TPSA) is 90.8 Å². The number of nitrogens with two attached hydrogens (primary N) is 1. The minimum atomic E-state index is -0.191. The van der Waals surface area contributed by atoms with E-state index in [-0.39, 0.29) is 20.1 Å². The van der Waals surface area contributed by atoms with Crippen LogP contribution in [0.4, 0.5) is 11.4 Å². The molecule has 1 saturated heterocycles. The quantitative estimate of drug-likeness (QED) is 0.420. The van der Waals surface area contributed by atoms with Crippen molar-refractivity contribution in [2.75, 3.05) is 23.7 Å². The Balaban J connectivity index is 1.40. The fraction of sp³-hybridized carbons (Fsp3) is 0.333. The monoisotopic (exact) mass is 439 g/mol. The van der Waals surface area contributed by atoms with Gasteiger partial charge in [0, 0.05) is 0 Å². The minimum absolute atomic E-state index is 0.157. The SMILES string of the molecule is Nc1c(-c2nc3ccc(N4CCC5(CC4)CC5)cc3[nH]2)c(=O)[nH]c2cc[se]c12. The fourth-order valence-corrected chi connectivity index (χ4v) is 6.21. The maximum atomic E-state index is 12.6. The van der Waals surface area contributed by atoms with E-state index in [1.54, 1.807) is 0 Å². The summed E-state index contributed by atoms with van der Waals surface area (Å²) in [6, 6.07) is 8.27. The number of nitrogens with zero attached hydrogens (tertiary/aromatic N) is 2. The van der Waals surface area contributed by atoms with Crippen molar-refractivity contribution < 1.29 is 0 Å². The van der Waals surface area contributed by atoms with Crippen molar-refractivity contribution in [1.82, 2.24) is 15.0 Å². The Kier molecular flexibility index (Phi) is 3.38. The summed E-state index contributed by atoms with van der Waals surface area (Å²) < 4.78 is 1.03. The van der Waals surface area contributed by atoms with E-state index in [1.807, 2.05) is 12.1 Å². The van der Waals surface area contributed by atoms with E-state index in [0.717, 1.165) is 33.9 Å². The van der Waals surface area contributed by atoms with Crippen LogP contribution in [0.2, 0.25) is 0 Å². The van der Waals surface area contributed by atoms with Crippen LogP contribution in [0.25, 0.3) is 32.2 Å². The average molecular weight is 438 g/mol. The molecule has 1 aliphatic heterocycles. The number of H-pyrrole nitrogens is 2. The van der Waals surface area contributed by atoms with Crippen molar-refractivity contribution in [3.63, 3.8) is 0 Å². The molecule has 0 unspecified atom stereocenters. The number of pyridine rings is 1. The number of anilines is 2. The standard InChI is InChI=1S/C21H21N5OSe/c22-17-16(20(27)25-14-3-10-28-18(14)17)19-23-13-2-1-12(11-15(13)24-19)26-8-6-21(4-5-21)7-9-26/h1-3,10-11H,4-9H2,(H,23,24)(H3,22,25,27). The molecule has 28 heavy (non-hydrogen) atoms. The molecule has 4 heterocycles. The van der Waals surface area contributed by atoms with Crippen LogP contribution in [0.3, 0.4) is 0 Å². The van der Waals surface area contributed by atoms with Gasteiger partial charge in [0.05, 0.1) is 0 Å². The summed E-state index contributed by atoms with van der Waals surface area (Å²) in [4.78, 5) is 28.1. The number of hydrogen-bond donors (Lipinski definition) is 3. The summed E-state index contributed by atoms with van der Waals surface area (Å²) in [5, 5.41) is 0. The molecule has 0 radical (unpaired) electrons. The summed E-state index contributed by atoms with van der Waals surface area (Å²) in [6.45, 7) is 2.25. The van der Waals surface area contributed by atoms with Crippen LogP contribution >= 0.6 is 0 Å². The van der Waals surface area contributed by atoms with Gasteiger partial charge in [0.15, 0.2) is 0 Å². The van der Waals surface area contributed by atoms with Crippen LogP contribution in [0.5, 0.6) is 0 Å². The second kappa shape index (κ2) is 5.75. The summed E-state index contributed by atoms with van der Waals surface area (Å²) in [5.74, 6) is 0.548. The zero-order valence-electron chi connectivity index (χ0n) is 15.4. The Morgan fingerprint density at radius 3 is 2.68 bits per heavy atom. The van der Waals surface area contributed by atoms with E-state index in [4.69, 9.17) is 5.73 Å². The second-order valence-corrected chi connectivity index (χ2v) is 10.1. The van der Waals surface area contributed by atoms with Crippen LogP contribution in [-0.2, 0) is 0 Å². The molecule has 4 aromatic rings. The first-order valence-corrected chi connectivity index (χ1v) is 11.6. The number of imidazole rings is 1. The number of piperidine rings is 1. The normalized spacial score (nSPS) is 18.4. The van der Waals surface area contributed by atoms with Gasteiger partial charge in [0.25, 0.3) is 0 Å². The van der Waals surface area contributed by atoms with Gasteiger partial charge in [-0.3, -0.25) is 0 Å². The molecular weight excluding hydrogens is 417 g/mol. The third-order valence-electron chi connectivity index (χ3n) is 6.50. The average Bonchev–Trinajstić information content (AvgIpc) is 3.10. The predicted molar refractivity (Wildman–Crippen MR) is 114 cm³/mol. The van der Waals surface area contributed by atoms with Gasteiger partial charge in [0.1, 0.15) is 0 Å². The van der Waals surface area contributed by atoms with Gasteiger partial charge in [-0.05, 0) is 12.8 Å². The number of hydrogen-bond acceptors (Lipinski definition) is 4. The van der Waals surface area contributed by atoms with E-state index in [9.17, 15) is 4.79 Å². The van der Waals surface area contributed by atoms with Crippen LogP contribution < -0.4 is 16.2 Å². The molecule has 1 aromatic carbocycles. The molecule has 4 N–H and O–H groups in total. The van der Waals surface area contributed by atoms with Gasteiger partial charge in [-0.1, -0.05) is 0 Å². The summed E-state index contributed by atoms with van der Waals surface area (Å²) in [5.41, 5.74) is 11.7. The zero-order valence-corrected chi connectivity index (χ0v) is 17.1.